The van der Waals surface area contributed by atoms with Crippen molar-refractivity contribution in [2.75, 3.05) is 19.5 Å². The molecule has 0 spiro atoms. The lowest BCUT2D eigenvalue weighted by atomic mass is 10.1. The van der Waals surface area contributed by atoms with Crippen LogP contribution in [0.3, 0.4) is 0 Å². The van der Waals surface area contributed by atoms with Gasteiger partial charge in [-0.25, -0.2) is 9.97 Å². The van der Waals surface area contributed by atoms with Crippen LogP contribution in [0.5, 0.6) is 11.8 Å². The van der Waals surface area contributed by atoms with Gasteiger partial charge in [0.15, 0.2) is 0 Å². The normalized spacial score (nSPS) is 10.7. The van der Waals surface area contributed by atoms with Crippen LogP contribution in [0.2, 0.25) is 5.02 Å². The van der Waals surface area contributed by atoms with Crippen molar-refractivity contribution in [2.24, 2.45) is 0 Å². The predicted molar refractivity (Wildman–Crippen MR) is 79.8 cm³/mol. The molecule has 0 N–H and O–H groups in total. The number of hydrogen-bond acceptors (Lipinski definition) is 4. The minimum Gasteiger partial charge on any atom is -0.477 e. The number of aryl methyl sites for hydroxylation is 1. The van der Waals surface area contributed by atoms with E-state index in [1.54, 1.807) is 13.2 Å². The molecule has 0 saturated carbocycles. The van der Waals surface area contributed by atoms with Crippen LogP contribution in [0.4, 0.5) is 0 Å². The van der Waals surface area contributed by atoms with Gasteiger partial charge in [-0.05, 0) is 30.5 Å². The number of ether oxygens (including phenoxy) is 2. The summed E-state index contributed by atoms with van der Waals surface area (Å²) in [5, 5.41) is 1.58. The standard InChI is InChI=1S/C13H14BrClN2O2/c1-18-12-13(19-2)17-11-8(4-3-5-14)6-9(15)7-10(11)16-12/h6-7H,3-5H2,1-2H3. The highest BCUT2D eigenvalue weighted by Crippen LogP contribution is 2.29. The SMILES string of the molecule is COc1nc2cc(Cl)cc(CCCBr)c2nc1OC. The summed E-state index contributed by atoms with van der Waals surface area (Å²) in [7, 11) is 3.08. The highest BCUT2D eigenvalue weighted by atomic mass is 79.9. The van der Waals surface area contributed by atoms with Crippen LogP contribution < -0.4 is 9.47 Å². The van der Waals surface area contributed by atoms with Gasteiger partial charge >= 0.3 is 0 Å². The molecule has 0 radical (unpaired) electrons. The summed E-state index contributed by atoms with van der Waals surface area (Å²) < 4.78 is 10.3. The Hall–Kier alpha value is -1.07. The molecular formula is C13H14BrClN2O2. The Labute approximate surface area is 125 Å². The van der Waals surface area contributed by atoms with Crippen molar-refractivity contribution in [1.82, 2.24) is 9.97 Å². The van der Waals surface area contributed by atoms with E-state index in [9.17, 15) is 0 Å². The van der Waals surface area contributed by atoms with Gasteiger partial charge in [-0.15, -0.1) is 0 Å². The third-order valence-corrected chi connectivity index (χ3v) is 3.50. The first-order valence-electron chi connectivity index (χ1n) is 5.83. The molecule has 0 aliphatic heterocycles. The molecular weight excluding hydrogens is 332 g/mol. The molecule has 0 aliphatic rings. The fourth-order valence-electron chi connectivity index (χ4n) is 1.87. The summed E-state index contributed by atoms with van der Waals surface area (Å²) in [6, 6.07) is 3.70. The highest BCUT2D eigenvalue weighted by molar-refractivity contribution is 9.09. The van der Waals surface area contributed by atoms with E-state index in [1.165, 1.54) is 7.11 Å². The van der Waals surface area contributed by atoms with Crippen molar-refractivity contribution in [3.63, 3.8) is 0 Å². The number of fused-ring (bicyclic) bond motifs is 1. The third-order valence-electron chi connectivity index (χ3n) is 2.72. The van der Waals surface area contributed by atoms with Crippen LogP contribution in [0.25, 0.3) is 11.0 Å². The Morgan fingerprint density at radius 1 is 1.16 bits per heavy atom. The van der Waals surface area contributed by atoms with Gasteiger partial charge < -0.3 is 9.47 Å². The molecule has 19 heavy (non-hydrogen) atoms. The predicted octanol–water partition coefficient (Wildman–Crippen LogP) is 3.63. The number of alkyl halides is 1. The van der Waals surface area contributed by atoms with Crippen LogP contribution in [0.1, 0.15) is 12.0 Å². The van der Waals surface area contributed by atoms with Crippen LogP contribution >= 0.6 is 27.5 Å². The quantitative estimate of drug-likeness (QED) is 0.776. The topological polar surface area (TPSA) is 44.2 Å². The molecule has 0 atom stereocenters. The number of nitrogens with zero attached hydrogens (tertiary/aromatic N) is 2. The molecule has 4 nitrogen and oxygen atoms in total. The van der Waals surface area contributed by atoms with Crippen LogP contribution in [0, 0.1) is 0 Å². The molecule has 0 saturated heterocycles. The van der Waals surface area contributed by atoms with E-state index < -0.39 is 0 Å². The Kier molecular flexibility index (Phi) is 4.82. The largest absolute Gasteiger partial charge is 0.477 e. The smallest absolute Gasteiger partial charge is 0.278 e. The molecule has 0 amide bonds. The average molecular weight is 346 g/mol. The monoisotopic (exact) mass is 344 g/mol. The first-order chi connectivity index (χ1) is 9.19. The molecule has 2 rings (SSSR count). The Morgan fingerprint density at radius 2 is 1.84 bits per heavy atom. The molecule has 0 fully saturated rings. The fourth-order valence-corrected chi connectivity index (χ4v) is 2.39. The fraction of sp³-hybridized carbons (Fsp3) is 0.385. The van der Waals surface area contributed by atoms with Gasteiger partial charge in [-0.1, -0.05) is 27.5 Å². The molecule has 1 aromatic carbocycles. The van der Waals surface area contributed by atoms with Gasteiger partial charge in [0.2, 0.25) is 0 Å². The van der Waals surface area contributed by atoms with E-state index >= 15 is 0 Å². The zero-order chi connectivity index (χ0) is 13.8. The van der Waals surface area contributed by atoms with Crippen molar-refractivity contribution in [1.29, 1.82) is 0 Å². The maximum absolute atomic E-state index is 6.12. The van der Waals surface area contributed by atoms with Crippen molar-refractivity contribution in [3.05, 3.63) is 22.7 Å². The summed E-state index contributed by atoms with van der Waals surface area (Å²) >= 11 is 9.55. The van der Waals surface area contributed by atoms with E-state index in [4.69, 9.17) is 21.1 Å². The van der Waals surface area contributed by atoms with E-state index in [1.807, 2.05) is 6.07 Å². The molecule has 1 heterocycles. The first kappa shape index (κ1) is 14.3. The summed E-state index contributed by atoms with van der Waals surface area (Å²) in [6.07, 6.45) is 1.89. The van der Waals surface area contributed by atoms with Crippen molar-refractivity contribution in [2.45, 2.75) is 12.8 Å². The average Bonchev–Trinajstić information content (AvgIpc) is 2.43. The molecule has 1 aromatic heterocycles. The maximum Gasteiger partial charge on any atom is 0.278 e. The molecule has 6 heteroatoms. The van der Waals surface area contributed by atoms with Crippen LogP contribution in [0.15, 0.2) is 12.1 Å². The molecule has 0 unspecified atom stereocenters. The zero-order valence-corrected chi connectivity index (χ0v) is 13.1. The number of aromatic nitrogens is 2. The minimum absolute atomic E-state index is 0.365. The molecule has 2 aromatic rings. The minimum atomic E-state index is 0.365. The van der Waals surface area contributed by atoms with E-state index in [0.717, 1.165) is 34.8 Å². The number of hydrogen-bond donors (Lipinski definition) is 0. The summed E-state index contributed by atoms with van der Waals surface area (Å²) in [4.78, 5) is 8.86. The summed E-state index contributed by atoms with van der Waals surface area (Å²) in [6.45, 7) is 0. The lowest BCUT2D eigenvalue weighted by Crippen LogP contribution is -2.00. The second kappa shape index (κ2) is 6.39. The second-order valence-corrected chi connectivity index (χ2v) is 5.20. The first-order valence-corrected chi connectivity index (χ1v) is 7.33. The Balaban J connectivity index is 2.61. The Bertz CT molecular complexity index is 592. The number of methoxy groups -OCH3 is 2. The second-order valence-electron chi connectivity index (χ2n) is 3.97. The van der Waals surface area contributed by atoms with E-state index in [0.29, 0.717) is 16.8 Å². The van der Waals surface area contributed by atoms with Gasteiger partial charge in [-0.3, -0.25) is 0 Å². The van der Waals surface area contributed by atoms with Crippen molar-refractivity contribution in [3.8, 4) is 11.8 Å². The Morgan fingerprint density at radius 3 is 2.47 bits per heavy atom. The van der Waals surface area contributed by atoms with Crippen molar-refractivity contribution < 1.29 is 9.47 Å². The number of benzene rings is 1. The van der Waals surface area contributed by atoms with Gasteiger partial charge in [0.25, 0.3) is 11.8 Å². The number of rotatable bonds is 5. The van der Waals surface area contributed by atoms with Gasteiger partial charge in [-0.2, -0.15) is 0 Å². The number of halogens is 2. The summed E-state index contributed by atoms with van der Waals surface area (Å²) in [5.74, 6) is 0.751. The summed E-state index contributed by atoms with van der Waals surface area (Å²) in [5.41, 5.74) is 2.59. The lowest BCUT2D eigenvalue weighted by molar-refractivity contribution is 0.334. The lowest BCUT2D eigenvalue weighted by Gasteiger charge is -2.10. The van der Waals surface area contributed by atoms with E-state index in [-0.39, 0.29) is 0 Å². The third kappa shape index (κ3) is 3.09. The van der Waals surface area contributed by atoms with Crippen LogP contribution in [-0.4, -0.2) is 29.5 Å². The van der Waals surface area contributed by atoms with Crippen LogP contribution in [-0.2, 0) is 6.42 Å². The zero-order valence-electron chi connectivity index (χ0n) is 10.7. The van der Waals surface area contributed by atoms with Gasteiger partial charge in [0.1, 0.15) is 0 Å². The highest BCUT2D eigenvalue weighted by Gasteiger charge is 2.13. The molecule has 102 valence electrons. The van der Waals surface area contributed by atoms with E-state index in [2.05, 4.69) is 25.9 Å². The maximum atomic E-state index is 6.12. The molecule has 0 bridgehead atoms. The van der Waals surface area contributed by atoms with Crippen molar-refractivity contribution >= 4 is 38.6 Å². The van der Waals surface area contributed by atoms with Gasteiger partial charge in [0.05, 0.1) is 25.3 Å². The molecule has 0 aliphatic carbocycles. The van der Waals surface area contributed by atoms with Gasteiger partial charge in [0, 0.05) is 10.4 Å².